The van der Waals surface area contributed by atoms with Crippen LogP contribution in [-0.2, 0) is 13.2 Å². The maximum Gasteiger partial charge on any atom is 0.417 e. The topological polar surface area (TPSA) is 101 Å². The number of nitrogens with one attached hydrogen (secondary N) is 1. The van der Waals surface area contributed by atoms with Gasteiger partial charge < -0.3 is 20.5 Å². The highest BCUT2D eigenvalue weighted by atomic mass is 19.4. The van der Waals surface area contributed by atoms with Crippen molar-refractivity contribution in [2.75, 3.05) is 30.4 Å². The molecule has 1 aliphatic rings. The fraction of sp³-hybridized carbons (Fsp3) is 0.321. The average molecular weight is 578 g/mol. The van der Waals surface area contributed by atoms with Gasteiger partial charge in [-0.1, -0.05) is 6.07 Å². The first-order valence-electron chi connectivity index (χ1n) is 12.6. The van der Waals surface area contributed by atoms with Crippen LogP contribution in [0.4, 0.5) is 33.3 Å². The molecule has 2 unspecified atom stereocenters. The van der Waals surface area contributed by atoms with Crippen LogP contribution in [0.5, 0.6) is 0 Å². The second-order valence-corrected chi connectivity index (χ2v) is 10.2. The molecule has 0 radical (unpaired) electrons. The lowest BCUT2D eigenvalue weighted by Crippen LogP contribution is -2.55. The molecular formula is C28H28F5N5O3. The van der Waals surface area contributed by atoms with Crippen molar-refractivity contribution in [2.24, 2.45) is 12.8 Å². The summed E-state index contributed by atoms with van der Waals surface area (Å²) in [5.74, 6) is -3.96. The van der Waals surface area contributed by atoms with E-state index in [1.807, 2.05) is 25.8 Å². The van der Waals surface area contributed by atoms with Crippen LogP contribution in [0.1, 0.15) is 40.1 Å². The monoisotopic (exact) mass is 577 g/mol. The number of benzene rings is 2. The zero-order chi connectivity index (χ0) is 30.4. The minimum Gasteiger partial charge on any atom is -0.367 e. The zero-order valence-corrected chi connectivity index (χ0v) is 22.6. The summed E-state index contributed by atoms with van der Waals surface area (Å²) in [5, 5.41) is 2.47. The highest BCUT2D eigenvalue weighted by molar-refractivity contribution is 6.07. The lowest BCUT2D eigenvalue weighted by Gasteiger charge is -2.44. The third-order valence-electron chi connectivity index (χ3n) is 7.36. The highest BCUT2D eigenvalue weighted by Gasteiger charge is 2.37. The first kappa shape index (κ1) is 29.7. The number of likely N-dealkylation sites (N-methyl/N-ethyl adjacent to an activating group) is 1. The molecule has 1 fully saturated rings. The molecular weight excluding hydrogens is 549 g/mol. The van der Waals surface area contributed by atoms with E-state index in [9.17, 15) is 31.9 Å². The van der Waals surface area contributed by atoms with Gasteiger partial charge >= 0.3 is 6.18 Å². The van der Waals surface area contributed by atoms with Crippen molar-refractivity contribution in [3.8, 4) is 11.1 Å². The lowest BCUT2D eigenvalue weighted by molar-refractivity contribution is -0.138. The van der Waals surface area contributed by atoms with E-state index < -0.39 is 51.9 Å². The minimum absolute atomic E-state index is 0.0146. The van der Waals surface area contributed by atoms with Gasteiger partial charge in [-0.2, -0.15) is 13.2 Å². The quantitative estimate of drug-likeness (QED) is 0.443. The second-order valence-electron chi connectivity index (χ2n) is 10.2. The van der Waals surface area contributed by atoms with Crippen LogP contribution >= 0.6 is 0 Å². The van der Waals surface area contributed by atoms with E-state index in [2.05, 4.69) is 10.2 Å². The largest absolute Gasteiger partial charge is 0.417 e. The molecule has 0 aliphatic carbocycles. The minimum atomic E-state index is -5.00. The Labute approximate surface area is 232 Å². The third-order valence-corrected chi connectivity index (χ3v) is 7.36. The van der Waals surface area contributed by atoms with Crippen LogP contribution in [-0.4, -0.2) is 53.5 Å². The fourth-order valence-corrected chi connectivity index (χ4v) is 4.86. The van der Waals surface area contributed by atoms with Crippen LogP contribution in [0.25, 0.3) is 11.1 Å². The number of aromatic nitrogens is 1. The molecule has 2 heterocycles. The molecule has 41 heavy (non-hydrogen) atoms. The third kappa shape index (κ3) is 5.94. The number of hydrogen-bond donors (Lipinski definition) is 2. The molecule has 13 heteroatoms. The number of rotatable bonds is 5. The second kappa shape index (κ2) is 11.0. The van der Waals surface area contributed by atoms with Crippen LogP contribution in [0, 0.1) is 11.6 Å². The predicted molar refractivity (Wildman–Crippen MR) is 144 cm³/mol. The van der Waals surface area contributed by atoms with Crippen molar-refractivity contribution >= 4 is 23.2 Å². The number of halogens is 5. The number of piperazine rings is 1. The predicted octanol–water partition coefficient (Wildman–Crippen LogP) is 4.23. The van der Waals surface area contributed by atoms with E-state index in [1.165, 1.54) is 19.2 Å². The van der Waals surface area contributed by atoms with Gasteiger partial charge in [0.05, 0.1) is 28.1 Å². The standard InChI is InChI=1S/C28H28F5N5O3/c1-14-11-38(12-15(2)37(14)4)24-10-22(30)17(16-5-6-21(29)18(7-16)26(34)40)8-23(24)35-27(41)19-13-36(3)25(39)9-20(19)28(31,32)33/h5-10,13-15H,11-12H2,1-4H3,(H2,34,40)(H,35,41). The molecule has 3 N–H and O–H groups in total. The summed E-state index contributed by atoms with van der Waals surface area (Å²) >= 11 is 0. The van der Waals surface area contributed by atoms with Crippen molar-refractivity contribution in [2.45, 2.75) is 32.1 Å². The van der Waals surface area contributed by atoms with E-state index in [-0.39, 0.29) is 34.6 Å². The fourth-order valence-electron chi connectivity index (χ4n) is 4.86. The van der Waals surface area contributed by atoms with Gasteiger partial charge in [0, 0.05) is 50.0 Å². The molecule has 1 aliphatic heterocycles. The van der Waals surface area contributed by atoms with E-state index >= 15 is 4.39 Å². The van der Waals surface area contributed by atoms with Gasteiger partial charge in [0.25, 0.3) is 17.4 Å². The number of amides is 2. The van der Waals surface area contributed by atoms with Crippen molar-refractivity contribution in [1.82, 2.24) is 9.47 Å². The number of alkyl halides is 3. The number of nitrogens with zero attached hydrogens (tertiary/aromatic N) is 3. The summed E-state index contributed by atoms with van der Waals surface area (Å²) in [5.41, 5.74) is 1.64. The van der Waals surface area contributed by atoms with Crippen molar-refractivity contribution in [3.63, 3.8) is 0 Å². The number of aryl methyl sites for hydroxylation is 1. The molecule has 1 saturated heterocycles. The number of nitrogens with two attached hydrogens (primary N) is 1. The summed E-state index contributed by atoms with van der Waals surface area (Å²) in [6.07, 6.45) is -4.22. The van der Waals surface area contributed by atoms with Crippen molar-refractivity contribution < 1.29 is 31.5 Å². The maximum atomic E-state index is 15.6. The molecule has 2 atom stereocenters. The van der Waals surface area contributed by atoms with Gasteiger partial charge in [-0.05, 0) is 50.7 Å². The molecule has 4 rings (SSSR count). The highest BCUT2D eigenvalue weighted by Crippen LogP contribution is 2.37. The van der Waals surface area contributed by atoms with Crippen molar-refractivity contribution in [3.05, 3.63) is 81.3 Å². The Hall–Kier alpha value is -4.26. The van der Waals surface area contributed by atoms with Gasteiger partial charge in [0.2, 0.25) is 0 Å². The van der Waals surface area contributed by atoms with E-state index in [4.69, 9.17) is 5.73 Å². The first-order chi connectivity index (χ1) is 19.1. The molecule has 8 nitrogen and oxygen atoms in total. The van der Waals surface area contributed by atoms with Crippen LogP contribution in [0.2, 0.25) is 0 Å². The van der Waals surface area contributed by atoms with Crippen LogP contribution < -0.4 is 21.5 Å². The summed E-state index contributed by atoms with van der Waals surface area (Å²) in [4.78, 5) is 40.8. The van der Waals surface area contributed by atoms with Gasteiger partial charge in [-0.3, -0.25) is 19.3 Å². The number of primary amides is 1. The molecule has 0 bridgehead atoms. The van der Waals surface area contributed by atoms with Gasteiger partial charge in [-0.15, -0.1) is 0 Å². The number of carbonyl (C=O) groups is 2. The number of carbonyl (C=O) groups excluding carboxylic acids is 2. The van der Waals surface area contributed by atoms with E-state index in [0.717, 1.165) is 29.0 Å². The maximum absolute atomic E-state index is 15.6. The Bertz CT molecular complexity index is 1570. The Morgan fingerprint density at radius 1 is 0.951 bits per heavy atom. The molecule has 0 spiro atoms. The Morgan fingerprint density at radius 3 is 2.17 bits per heavy atom. The summed E-state index contributed by atoms with van der Waals surface area (Å²) in [7, 11) is 3.14. The summed E-state index contributed by atoms with van der Waals surface area (Å²) in [6, 6.07) is 5.90. The zero-order valence-electron chi connectivity index (χ0n) is 22.6. The SMILES string of the molecule is CC1CN(c2cc(F)c(-c3ccc(F)c(C(N)=O)c3)cc2NC(=O)c2cn(C)c(=O)cc2C(F)(F)F)CC(C)N1C. The van der Waals surface area contributed by atoms with Gasteiger partial charge in [-0.25, -0.2) is 8.78 Å². The number of hydrogen-bond acceptors (Lipinski definition) is 5. The Kier molecular flexibility index (Phi) is 7.94. The van der Waals surface area contributed by atoms with Crippen LogP contribution in [0.3, 0.4) is 0 Å². The van der Waals surface area contributed by atoms with Crippen molar-refractivity contribution in [1.29, 1.82) is 0 Å². The lowest BCUT2D eigenvalue weighted by atomic mass is 9.99. The van der Waals surface area contributed by atoms with E-state index in [1.54, 1.807) is 0 Å². The van der Waals surface area contributed by atoms with E-state index in [0.29, 0.717) is 19.2 Å². The van der Waals surface area contributed by atoms with Gasteiger partial charge in [0.1, 0.15) is 11.6 Å². The van der Waals surface area contributed by atoms with Gasteiger partial charge in [0.15, 0.2) is 0 Å². The molecule has 2 amide bonds. The summed E-state index contributed by atoms with van der Waals surface area (Å²) < 4.78 is 71.9. The number of pyridine rings is 1. The summed E-state index contributed by atoms with van der Waals surface area (Å²) in [6.45, 7) is 4.74. The molecule has 2 aromatic carbocycles. The normalized spacial score (nSPS) is 17.9. The molecule has 1 aromatic heterocycles. The molecule has 0 saturated carbocycles. The van der Waals surface area contributed by atoms with Crippen LogP contribution in [0.15, 0.2) is 47.4 Å². The number of anilines is 2. The first-order valence-corrected chi connectivity index (χ1v) is 12.6. The smallest absolute Gasteiger partial charge is 0.367 e. The molecule has 218 valence electrons. The Morgan fingerprint density at radius 2 is 1.59 bits per heavy atom. The average Bonchev–Trinajstić information content (AvgIpc) is 2.88. The Balaban J connectivity index is 1.88. The molecule has 3 aromatic rings.